The standard InChI is InChI=1S/C19H31P/c1-14(6-7-15-8-9-15)17-4-2-3-5-18(17)19(20)13-12-16-10-11-16/h15-18,20H,1-13H2. The van der Waals surface area contributed by atoms with Crippen LogP contribution in [0.25, 0.3) is 0 Å². The van der Waals surface area contributed by atoms with Gasteiger partial charge in [0.15, 0.2) is 0 Å². The lowest BCUT2D eigenvalue weighted by molar-refractivity contribution is 0.333. The molecule has 0 aromatic heterocycles. The van der Waals surface area contributed by atoms with E-state index in [4.69, 9.17) is 0 Å². The summed E-state index contributed by atoms with van der Waals surface area (Å²) in [6.45, 7) is 4.48. The lowest BCUT2D eigenvalue weighted by atomic mass is 9.72. The molecule has 2 atom stereocenters. The number of hydrogen-bond acceptors (Lipinski definition) is 0. The molecule has 0 heterocycles. The van der Waals surface area contributed by atoms with Crippen molar-refractivity contribution in [2.24, 2.45) is 23.7 Å². The van der Waals surface area contributed by atoms with Crippen LogP contribution in [-0.4, -0.2) is 5.29 Å². The second kappa shape index (κ2) is 6.78. The monoisotopic (exact) mass is 290 g/mol. The molecule has 0 N–H and O–H groups in total. The Bertz CT molecular complexity index is 326. The van der Waals surface area contributed by atoms with Crippen LogP contribution in [0.5, 0.6) is 0 Å². The highest BCUT2D eigenvalue weighted by atomic mass is 31.0. The van der Waals surface area contributed by atoms with Gasteiger partial charge in [0.2, 0.25) is 0 Å². The van der Waals surface area contributed by atoms with Crippen LogP contribution in [0.15, 0.2) is 12.2 Å². The Kier molecular flexibility index (Phi) is 5.03. The highest BCUT2D eigenvalue weighted by Crippen LogP contribution is 2.42. The third-order valence-corrected chi connectivity index (χ3v) is 6.45. The Morgan fingerprint density at radius 3 is 1.95 bits per heavy atom. The van der Waals surface area contributed by atoms with Gasteiger partial charge in [0.1, 0.15) is 0 Å². The van der Waals surface area contributed by atoms with E-state index < -0.39 is 0 Å². The quantitative estimate of drug-likeness (QED) is 0.377. The van der Waals surface area contributed by atoms with Crippen molar-refractivity contribution in [3.05, 3.63) is 12.2 Å². The van der Waals surface area contributed by atoms with Gasteiger partial charge in [0.05, 0.1) is 0 Å². The van der Waals surface area contributed by atoms with Crippen molar-refractivity contribution in [3.63, 3.8) is 0 Å². The maximum absolute atomic E-state index is 4.48. The van der Waals surface area contributed by atoms with Crippen LogP contribution in [0.3, 0.4) is 0 Å². The lowest BCUT2D eigenvalue weighted by Gasteiger charge is -2.34. The Labute approximate surface area is 127 Å². The fraction of sp³-hybridized carbons (Fsp3) is 0.842. The highest BCUT2D eigenvalue weighted by molar-refractivity contribution is 7.21. The molecule has 0 saturated heterocycles. The second-order valence-electron chi connectivity index (χ2n) is 7.65. The van der Waals surface area contributed by atoms with Crippen LogP contribution in [-0.2, 0) is 0 Å². The molecular formula is C19H31P. The largest absolute Gasteiger partial charge is 0.123 e. The zero-order valence-corrected chi connectivity index (χ0v) is 14.0. The second-order valence-corrected chi connectivity index (χ2v) is 8.29. The number of allylic oxidation sites excluding steroid dienone is 1. The minimum Gasteiger partial charge on any atom is -0.123 e. The molecule has 1 heteroatoms. The van der Waals surface area contributed by atoms with Gasteiger partial charge in [-0.15, -0.1) is 8.86 Å². The van der Waals surface area contributed by atoms with E-state index in [-0.39, 0.29) is 0 Å². The van der Waals surface area contributed by atoms with Crippen LogP contribution in [0.4, 0.5) is 0 Å². The van der Waals surface area contributed by atoms with Gasteiger partial charge in [0.25, 0.3) is 0 Å². The van der Waals surface area contributed by atoms with Crippen LogP contribution < -0.4 is 0 Å². The summed E-state index contributed by atoms with van der Waals surface area (Å²) in [6, 6.07) is 0. The molecule has 0 aromatic carbocycles. The van der Waals surface area contributed by atoms with Gasteiger partial charge in [-0.05, 0) is 67.5 Å². The smallest absolute Gasteiger partial charge is 0.00969 e. The molecule has 3 fully saturated rings. The van der Waals surface area contributed by atoms with Crippen molar-refractivity contribution >= 4 is 14.2 Å². The number of rotatable bonds is 8. The Morgan fingerprint density at radius 2 is 1.35 bits per heavy atom. The first-order valence-corrected chi connectivity index (χ1v) is 9.49. The average molecular weight is 290 g/mol. The molecule has 3 aliphatic rings. The van der Waals surface area contributed by atoms with Crippen molar-refractivity contribution < 1.29 is 0 Å². The molecule has 0 aliphatic heterocycles. The number of hydrogen-bond donors (Lipinski definition) is 0. The predicted octanol–water partition coefficient (Wildman–Crippen LogP) is 6.04. The molecule has 3 rings (SSSR count). The normalized spacial score (nSPS) is 30.2. The molecular weight excluding hydrogens is 259 g/mol. The minimum atomic E-state index is 0.786. The van der Waals surface area contributed by atoms with Crippen molar-refractivity contribution in [2.75, 3.05) is 0 Å². The van der Waals surface area contributed by atoms with Crippen molar-refractivity contribution in [3.8, 4) is 0 Å². The van der Waals surface area contributed by atoms with Crippen LogP contribution in [0, 0.1) is 23.7 Å². The third-order valence-electron chi connectivity index (χ3n) is 5.83. The summed E-state index contributed by atoms with van der Waals surface area (Å²) in [5, 5.41) is 1.62. The Hall–Kier alpha value is -0.0900. The van der Waals surface area contributed by atoms with E-state index in [0.717, 1.165) is 23.7 Å². The van der Waals surface area contributed by atoms with Gasteiger partial charge in [0, 0.05) is 0 Å². The first-order chi connectivity index (χ1) is 9.74. The maximum atomic E-state index is 4.48. The fourth-order valence-electron chi connectivity index (χ4n) is 3.97. The zero-order chi connectivity index (χ0) is 13.9. The van der Waals surface area contributed by atoms with Gasteiger partial charge in [-0.3, -0.25) is 0 Å². The van der Waals surface area contributed by atoms with Crippen LogP contribution >= 0.6 is 8.86 Å². The van der Waals surface area contributed by atoms with E-state index in [1.807, 2.05) is 0 Å². The molecule has 0 aromatic rings. The first kappa shape index (κ1) is 14.8. The van der Waals surface area contributed by atoms with E-state index in [2.05, 4.69) is 15.4 Å². The average Bonchev–Trinajstić information content (AvgIpc) is 3.36. The summed E-state index contributed by atoms with van der Waals surface area (Å²) in [4.78, 5) is 0. The molecule has 0 spiro atoms. The van der Waals surface area contributed by atoms with E-state index in [9.17, 15) is 0 Å². The Balaban J connectivity index is 1.50. The van der Waals surface area contributed by atoms with Gasteiger partial charge < -0.3 is 0 Å². The molecule has 0 amide bonds. The van der Waals surface area contributed by atoms with Gasteiger partial charge in [-0.2, -0.15) is 0 Å². The summed E-state index contributed by atoms with van der Waals surface area (Å²) in [5.74, 6) is 3.69. The van der Waals surface area contributed by atoms with E-state index >= 15 is 0 Å². The third kappa shape index (κ3) is 4.20. The van der Waals surface area contributed by atoms with Crippen molar-refractivity contribution in [1.82, 2.24) is 0 Å². The molecule has 3 saturated carbocycles. The summed E-state index contributed by atoms with van der Waals surface area (Å²) in [7, 11) is 4.03. The summed E-state index contributed by atoms with van der Waals surface area (Å²) in [6.07, 6.45) is 17.0. The molecule has 2 unspecified atom stereocenters. The zero-order valence-electron chi connectivity index (χ0n) is 13.0. The molecule has 0 radical (unpaired) electrons. The minimum absolute atomic E-state index is 0.786. The Morgan fingerprint density at radius 1 is 0.800 bits per heavy atom. The predicted molar refractivity (Wildman–Crippen MR) is 91.8 cm³/mol. The SMILES string of the molecule is C=C(CCC1CC1)C1CCCCC1C(=P)CCC1CC1. The fourth-order valence-corrected chi connectivity index (χ4v) is 4.46. The van der Waals surface area contributed by atoms with Crippen LogP contribution in [0.2, 0.25) is 0 Å². The molecule has 112 valence electrons. The summed E-state index contributed by atoms with van der Waals surface area (Å²) < 4.78 is 0. The summed E-state index contributed by atoms with van der Waals surface area (Å²) in [5.41, 5.74) is 1.57. The van der Waals surface area contributed by atoms with E-state index in [0.29, 0.717) is 0 Å². The van der Waals surface area contributed by atoms with E-state index in [1.165, 1.54) is 77.0 Å². The van der Waals surface area contributed by atoms with Crippen LogP contribution in [0.1, 0.15) is 77.0 Å². The van der Waals surface area contributed by atoms with Crippen molar-refractivity contribution in [2.45, 2.75) is 77.0 Å². The molecule has 20 heavy (non-hydrogen) atoms. The van der Waals surface area contributed by atoms with Gasteiger partial charge in [-0.1, -0.05) is 50.7 Å². The highest BCUT2D eigenvalue weighted by Gasteiger charge is 2.31. The molecule has 0 bridgehead atoms. The lowest BCUT2D eigenvalue weighted by Crippen LogP contribution is -2.27. The van der Waals surface area contributed by atoms with Crippen molar-refractivity contribution in [1.29, 1.82) is 0 Å². The summed E-state index contributed by atoms with van der Waals surface area (Å²) >= 11 is 0. The molecule has 0 nitrogen and oxygen atoms in total. The molecule has 3 aliphatic carbocycles. The first-order valence-electron chi connectivity index (χ1n) is 8.99. The van der Waals surface area contributed by atoms with Gasteiger partial charge in [-0.25, -0.2) is 0 Å². The van der Waals surface area contributed by atoms with E-state index in [1.54, 1.807) is 10.9 Å². The van der Waals surface area contributed by atoms with Gasteiger partial charge >= 0.3 is 0 Å². The maximum Gasteiger partial charge on any atom is -0.00969 e. The topological polar surface area (TPSA) is 0 Å².